The Balaban J connectivity index is 2.22. The van der Waals surface area contributed by atoms with Gasteiger partial charge in [0.05, 0.1) is 12.0 Å². The van der Waals surface area contributed by atoms with Crippen LogP contribution in [0.5, 0.6) is 0 Å². The van der Waals surface area contributed by atoms with Crippen molar-refractivity contribution in [3.05, 3.63) is 12.2 Å². The molecule has 3 atom stereocenters. The van der Waals surface area contributed by atoms with E-state index < -0.39 is 8.32 Å². The molecule has 2 bridgehead atoms. The van der Waals surface area contributed by atoms with Gasteiger partial charge in [-0.15, -0.1) is 0 Å². The molecule has 2 fully saturated rings. The largest absolute Gasteiger partial charge is 0.461 e. The molecular weight excluding hydrogens is 268 g/mol. The molecule has 1 saturated heterocycles. The molecule has 0 unspecified atom stereocenters. The minimum Gasteiger partial charge on any atom is -0.461 e. The normalized spacial score (nSPS) is 33.2. The van der Waals surface area contributed by atoms with E-state index in [4.69, 9.17) is 9.16 Å². The zero-order chi connectivity index (χ0) is 15.5. The molecule has 1 saturated carbocycles. The van der Waals surface area contributed by atoms with E-state index in [-0.39, 0.29) is 34.5 Å². The molecule has 20 heavy (non-hydrogen) atoms. The molecular formula is C16H28O3Si. The summed E-state index contributed by atoms with van der Waals surface area (Å²) in [5.74, 6) is -0.331. The number of hydrogen-bond donors (Lipinski definition) is 0. The van der Waals surface area contributed by atoms with E-state index in [1.54, 1.807) is 0 Å². The second kappa shape index (κ2) is 4.44. The van der Waals surface area contributed by atoms with E-state index in [1.807, 2.05) is 0 Å². The lowest BCUT2D eigenvalue weighted by Gasteiger charge is -2.45. The van der Waals surface area contributed by atoms with Gasteiger partial charge in [-0.25, -0.2) is 0 Å². The predicted octanol–water partition coefficient (Wildman–Crippen LogP) is 3.90. The van der Waals surface area contributed by atoms with E-state index in [0.29, 0.717) is 0 Å². The average Bonchev–Trinajstić information content (AvgIpc) is 2.36. The van der Waals surface area contributed by atoms with E-state index in [0.717, 1.165) is 12.0 Å². The van der Waals surface area contributed by atoms with E-state index in [9.17, 15) is 4.79 Å². The first-order valence-electron chi connectivity index (χ1n) is 7.45. The van der Waals surface area contributed by atoms with Crippen molar-refractivity contribution in [3.63, 3.8) is 0 Å². The lowest BCUT2D eigenvalue weighted by Crippen LogP contribution is -2.49. The van der Waals surface area contributed by atoms with Gasteiger partial charge in [-0.2, -0.15) is 0 Å². The summed E-state index contributed by atoms with van der Waals surface area (Å²) in [7, 11) is -1.86. The second-order valence-electron chi connectivity index (χ2n) is 8.36. The van der Waals surface area contributed by atoms with Crippen LogP contribution in [0.25, 0.3) is 0 Å². The highest BCUT2D eigenvalue weighted by molar-refractivity contribution is 6.74. The maximum atomic E-state index is 12.1. The van der Waals surface area contributed by atoms with E-state index in [1.165, 1.54) is 0 Å². The fourth-order valence-corrected chi connectivity index (χ4v) is 4.33. The summed E-state index contributed by atoms with van der Waals surface area (Å²) in [4.78, 5) is 12.1. The quantitative estimate of drug-likeness (QED) is 0.440. The van der Waals surface area contributed by atoms with Crippen LogP contribution in [-0.4, -0.2) is 26.5 Å². The molecule has 2 rings (SSSR count). The SMILES string of the molecule is C=C1[C@H]2C(=O)O[C@@H](C[C@@H]1O[Si](C)(C)C(C)(C)C)C2(C)C. The van der Waals surface area contributed by atoms with Crippen LogP contribution < -0.4 is 0 Å². The molecule has 0 aromatic carbocycles. The molecule has 0 aromatic heterocycles. The first kappa shape index (κ1) is 15.8. The topological polar surface area (TPSA) is 35.5 Å². The maximum absolute atomic E-state index is 12.1. The van der Waals surface area contributed by atoms with Crippen molar-refractivity contribution in [2.45, 2.75) is 71.4 Å². The molecule has 0 spiro atoms. The zero-order valence-corrected chi connectivity index (χ0v) is 14.9. The smallest absolute Gasteiger partial charge is 0.314 e. The predicted molar refractivity (Wildman–Crippen MR) is 83.0 cm³/mol. The minimum absolute atomic E-state index is 0.0367. The highest BCUT2D eigenvalue weighted by atomic mass is 28.4. The third-order valence-corrected chi connectivity index (χ3v) is 10.0. The summed E-state index contributed by atoms with van der Waals surface area (Å²) in [5.41, 5.74) is 0.764. The number of carbonyl (C=O) groups excluding carboxylic acids is 1. The Morgan fingerprint density at radius 1 is 1.35 bits per heavy atom. The van der Waals surface area contributed by atoms with Crippen molar-refractivity contribution < 1.29 is 14.0 Å². The molecule has 0 aromatic rings. The van der Waals surface area contributed by atoms with Gasteiger partial charge in [-0.3, -0.25) is 4.79 Å². The molecule has 2 aliphatic rings. The van der Waals surface area contributed by atoms with Crippen LogP contribution in [-0.2, 0) is 14.0 Å². The molecule has 1 heterocycles. The number of fused-ring (bicyclic) bond motifs is 2. The summed E-state index contributed by atoms with van der Waals surface area (Å²) in [6, 6.07) is 0. The van der Waals surface area contributed by atoms with Crippen LogP contribution in [0.4, 0.5) is 0 Å². The van der Waals surface area contributed by atoms with Crippen molar-refractivity contribution in [1.82, 2.24) is 0 Å². The fourth-order valence-electron chi connectivity index (χ4n) is 3.02. The Kier molecular flexibility index (Phi) is 3.50. The van der Waals surface area contributed by atoms with Crippen molar-refractivity contribution in [3.8, 4) is 0 Å². The molecule has 0 N–H and O–H groups in total. The van der Waals surface area contributed by atoms with Gasteiger partial charge in [-0.05, 0) is 23.7 Å². The van der Waals surface area contributed by atoms with E-state index in [2.05, 4.69) is 54.3 Å². The van der Waals surface area contributed by atoms with Crippen molar-refractivity contribution in [2.24, 2.45) is 11.3 Å². The number of esters is 1. The van der Waals surface area contributed by atoms with Gasteiger partial charge in [0.25, 0.3) is 0 Å². The highest BCUT2D eigenvalue weighted by Crippen LogP contribution is 2.52. The van der Waals surface area contributed by atoms with Gasteiger partial charge in [0.2, 0.25) is 0 Å². The lowest BCUT2D eigenvalue weighted by molar-refractivity contribution is -0.143. The number of hydrogen-bond acceptors (Lipinski definition) is 3. The molecule has 3 nitrogen and oxygen atoms in total. The lowest BCUT2D eigenvalue weighted by atomic mass is 9.66. The van der Waals surface area contributed by atoms with Crippen molar-refractivity contribution >= 4 is 14.3 Å². The first-order chi connectivity index (χ1) is 8.88. The standard InChI is InChI=1S/C16H28O3Si/c1-10-11(19-20(7,8)15(2,3)4)9-12-16(5,6)13(10)14(17)18-12/h11-13H,1,9H2,2-8H3/t11-,12-,13-/m0/s1. The van der Waals surface area contributed by atoms with Gasteiger partial charge >= 0.3 is 5.97 Å². The van der Waals surface area contributed by atoms with Crippen LogP contribution in [0.2, 0.25) is 18.1 Å². The maximum Gasteiger partial charge on any atom is 0.314 e. The second-order valence-corrected chi connectivity index (χ2v) is 13.1. The van der Waals surface area contributed by atoms with Crippen molar-refractivity contribution in [1.29, 1.82) is 0 Å². The average molecular weight is 296 g/mol. The van der Waals surface area contributed by atoms with Crippen LogP contribution >= 0.6 is 0 Å². The fraction of sp³-hybridized carbons (Fsp3) is 0.812. The molecule has 1 aliphatic carbocycles. The Morgan fingerprint density at radius 2 is 1.90 bits per heavy atom. The summed E-state index contributed by atoms with van der Waals surface area (Å²) in [5, 5.41) is 0.157. The Hall–Kier alpha value is -0.613. The molecule has 0 radical (unpaired) electrons. The Morgan fingerprint density at radius 3 is 2.40 bits per heavy atom. The number of rotatable bonds is 2. The molecule has 0 amide bonds. The summed E-state index contributed by atoms with van der Waals surface area (Å²) < 4.78 is 12.0. The molecule has 1 aliphatic heterocycles. The van der Waals surface area contributed by atoms with Crippen LogP contribution in [0.15, 0.2) is 12.2 Å². The van der Waals surface area contributed by atoms with Gasteiger partial charge in [0, 0.05) is 11.8 Å². The monoisotopic (exact) mass is 296 g/mol. The van der Waals surface area contributed by atoms with Gasteiger partial charge < -0.3 is 9.16 Å². The van der Waals surface area contributed by atoms with Crippen LogP contribution in [0.3, 0.4) is 0 Å². The van der Waals surface area contributed by atoms with Crippen LogP contribution in [0.1, 0.15) is 41.0 Å². The van der Waals surface area contributed by atoms with Crippen molar-refractivity contribution in [2.75, 3.05) is 0 Å². The third-order valence-electron chi connectivity index (χ3n) is 5.52. The zero-order valence-electron chi connectivity index (χ0n) is 13.9. The van der Waals surface area contributed by atoms with Gasteiger partial charge in [0.1, 0.15) is 6.10 Å². The molecule has 114 valence electrons. The number of carbonyl (C=O) groups is 1. The highest BCUT2D eigenvalue weighted by Gasteiger charge is 2.58. The van der Waals surface area contributed by atoms with Gasteiger partial charge in [-0.1, -0.05) is 41.2 Å². The first-order valence-corrected chi connectivity index (χ1v) is 10.4. The number of ether oxygens (including phenoxy) is 1. The van der Waals surface area contributed by atoms with Crippen LogP contribution in [0, 0.1) is 11.3 Å². The Bertz CT molecular complexity index is 445. The van der Waals surface area contributed by atoms with E-state index >= 15 is 0 Å². The minimum atomic E-state index is -1.86. The Labute approximate surface area is 123 Å². The molecule has 4 heteroatoms. The third kappa shape index (κ3) is 2.27. The summed E-state index contributed by atoms with van der Waals surface area (Å²) in [6.07, 6.45) is 0.672. The van der Waals surface area contributed by atoms with Gasteiger partial charge in [0.15, 0.2) is 8.32 Å². The summed E-state index contributed by atoms with van der Waals surface area (Å²) >= 11 is 0. The summed E-state index contributed by atoms with van der Waals surface area (Å²) in [6.45, 7) is 19.5.